The predicted octanol–water partition coefficient (Wildman–Crippen LogP) is 3.72. The molecular formula is C22H22F2N6O. The summed E-state index contributed by atoms with van der Waals surface area (Å²) >= 11 is 0. The summed E-state index contributed by atoms with van der Waals surface area (Å²) in [5, 5.41) is 0. The van der Waals surface area contributed by atoms with Crippen LogP contribution in [-0.4, -0.2) is 44.6 Å². The lowest BCUT2D eigenvalue weighted by Crippen LogP contribution is -2.64. The van der Waals surface area contributed by atoms with Crippen molar-refractivity contribution >= 4 is 17.4 Å². The molecule has 31 heavy (non-hydrogen) atoms. The Hall–Kier alpha value is -3.36. The fourth-order valence-corrected chi connectivity index (χ4v) is 4.73. The average Bonchev–Trinajstić information content (AvgIpc) is 3.29. The van der Waals surface area contributed by atoms with Gasteiger partial charge in [-0.05, 0) is 43.9 Å². The van der Waals surface area contributed by atoms with Crippen molar-refractivity contribution in [2.45, 2.75) is 38.1 Å². The first kappa shape index (κ1) is 19.6. The van der Waals surface area contributed by atoms with Gasteiger partial charge in [0, 0.05) is 31.5 Å². The number of carbonyl (C=O) groups excluding carboxylic acids is 1. The summed E-state index contributed by atoms with van der Waals surface area (Å²) in [7, 11) is 1.76. The highest BCUT2D eigenvalue weighted by atomic mass is 19.2. The van der Waals surface area contributed by atoms with Gasteiger partial charge in [0.05, 0.1) is 6.20 Å². The molecule has 2 aliphatic heterocycles. The maximum absolute atomic E-state index is 13.8. The van der Waals surface area contributed by atoms with E-state index in [1.165, 1.54) is 6.07 Å². The fraction of sp³-hybridized carbons (Fsp3) is 0.364. The third kappa shape index (κ3) is 2.83. The second-order valence-corrected chi connectivity index (χ2v) is 7.99. The number of amides is 1. The molecule has 9 heteroatoms. The molecule has 1 saturated heterocycles. The molecule has 0 N–H and O–H groups in total. The Kier molecular flexibility index (Phi) is 4.49. The van der Waals surface area contributed by atoms with E-state index in [0.717, 1.165) is 37.9 Å². The van der Waals surface area contributed by atoms with Crippen LogP contribution in [0, 0.1) is 11.6 Å². The molecular weight excluding hydrogens is 402 g/mol. The molecule has 1 atom stereocenters. The summed E-state index contributed by atoms with van der Waals surface area (Å²) in [6.07, 6.45) is 8.35. The molecule has 160 valence electrons. The maximum atomic E-state index is 13.8. The summed E-state index contributed by atoms with van der Waals surface area (Å²) < 4.78 is 28.8. The van der Waals surface area contributed by atoms with Crippen molar-refractivity contribution in [3.63, 3.8) is 0 Å². The van der Waals surface area contributed by atoms with Crippen LogP contribution in [0.1, 0.15) is 32.6 Å². The molecule has 1 fully saturated rings. The van der Waals surface area contributed by atoms with E-state index in [1.807, 2.05) is 6.92 Å². The zero-order valence-electron chi connectivity index (χ0n) is 17.3. The second kappa shape index (κ2) is 7.11. The average molecular weight is 424 g/mol. The van der Waals surface area contributed by atoms with E-state index < -0.39 is 17.2 Å². The quantitative estimate of drug-likeness (QED) is 0.641. The summed E-state index contributed by atoms with van der Waals surface area (Å²) in [4.78, 5) is 30.6. The minimum absolute atomic E-state index is 0.0728. The molecule has 2 aliphatic rings. The van der Waals surface area contributed by atoms with Crippen LogP contribution in [-0.2, 0) is 4.79 Å². The molecule has 7 nitrogen and oxygen atoms in total. The topological polar surface area (TPSA) is 67.2 Å². The van der Waals surface area contributed by atoms with E-state index in [1.54, 1.807) is 35.1 Å². The molecule has 0 bridgehead atoms. The number of hydrogen-bond acceptors (Lipinski definition) is 5. The predicted molar refractivity (Wildman–Crippen MR) is 112 cm³/mol. The second-order valence-electron chi connectivity index (χ2n) is 7.99. The number of nitrogens with zero attached hydrogens (tertiary/aromatic N) is 6. The van der Waals surface area contributed by atoms with Crippen molar-refractivity contribution < 1.29 is 13.6 Å². The number of rotatable bonds is 3. The van der Waals surface area contributed by atoms with Gasteiger partial charge in [0.2, 0.25) is 5.95 Å². The summed E-state index contributed by atoms with van der Waals surface area (Å²) in [6.45, 7) is 2.78. The maximum Gasteiger partial charge on any atom is 0.252 e. The Morgan fingerprint density at radius 1 is 1.16 bits per heavy atom. The highest BCUT2D eigenvalue weighted by Crippen LogP contribution is 2.44. The molecule has 5 rings (SSSR count). The van der Waals surface area contributed by atoms with E-state index >= 15 is 0 Å². The third-order valence-corrected chi connectivity index (χ3v) is 6.41. The molecule has 0 aliphatic carbocycles. The molecule has 0 spiro atoms. The number of imidazole rings is 1. The van der Waals surface area contributed by atoms with Crippen molar-refractivity contribution in [3.8, 4) is 17.3 Å². The van der Waals surface area contributed by atoms with Gasteiger partial charge in [0.1, 0.15) is 17.1 Å². The monoisotopic (exact) mass is 424 g/mol. The Balaban J connectivity index is 1.63. The highest BCUT2D eigenvalue weighted by Gasteiger charge is 2.51. The van der Waals surface area contributed by atoms with E-state index in [0.29, 0.717) is 35.3 Å². The van der Waals surface area contributed by atoms with Crippen LogP contribution in [0.3, 0.4) is 0 Å². The molecule has 4 heterocycles. The zero-order valence-corrected chi connectivity index (χ0v) is 17.3. The van der Waals surface area contributed by atoms with Gasteiger partial charge in [-0.1, -0.05) is 6.92 Å². The first-order valence-electron chi connectivity index (χ1n) is 10.4. The highest BCUT2D eigenvalue weighted by molar-refractivity contribution is 6.07. The number of aromatic nitrogens is 4. The van der Waals surface area contributed by atoms with Crippen LogP contribution in [0.2, 0.25) is 0 Å². The van der Waals surface area contributed by atoms with Gasteiger partial charge < -0.3 is 9.80 Å². The third-order valence-electron chi connectivity index (χ3n) is 6.41. The van der Waals surface area contributed by atoms with Crippen molar-refractivity contribution in [3.05, 3.63) is 48.4 Å². The van der Waals surface area contributed by atoms with Gasteiger partial charge in [0.15, 0.2) is 17.5 Å². The standard InChI is InChI=1S/C22H22F2N6O/c1-3-22-8-4-5-10-30(22)19-17(28(2)20(22)31)13-26-21(27-19)29-11-9-25-18(29)14-6-7-15(23)16(24)12-14/h6-7,9,11-13H,3-5,8,10H2,1-2H3. The SMILES string of the molecule is CCC12CCCCN1c1nc(-n3ccnc3-c3ccc(F)c(F)c3)ncc1N(C)C2=O. The van der Waals surface area contributed by atoms with E-state index in [-0.39, 0.29) is 5.91 Å². The first-order chi connectivity index (χ1) is 15.0. The first-order valence-corrected chi connectivity index (χ1v) is 10.4. The molecule has 1 amide bonds. The normalized spacial score (nSPS) is 20.6. The minimum atomic E-state index is -0.945. The van der Waals surface area contributed by atoms with Gasteiger partial charge in [-0.2, -0.15) is 4.98 Å². The largest absolute Gasteiger partial charge is 0.340 e. The number of likely N-dealkylation sites (N-methyl/N-ethyl adjacent to an activating group) is 1. The molecule has 3 aromatic rings. The molecule has 2 aromatic heterocycles. The number of anilines is 2. The van der Waals surface area contributed by atoms with Gasteiger partial charge >= 0.3 is 0 Å². The Morgan fingerprint density at radius 2 is 2.00 bits per heavy atom. The molecule has 1 unspecified atom stereocenters. The van der Waals surface area contributed by atoms with Crippen molar-refractivity contribution in [2.75, 3.05) is 23.4 Å². The summed E-state index contributed by atoms with van der Waals surface area (Å²) in [6, 6.07) is 3.64. The van der Waals surface area contributed by atoms with Crippen molar-refractivity contribution in [1.29, 1.82) is 0 Å². The summed E-state index contributed by atoms with van der Waals surface area (Å²) in [5.74, 6) is -0.323. The fourth-order valence-electron chi connectivity index (χ4n) is 4.73. The number of carbonyl (C=O) groups is 1. The lowest BCUT2D eigenvalue weighted by atomic mass is 9.81. The van der Waals surface area contributed by atoms with Gasteiger partial charge in [-0.25, -0.2) is 18.7 Å². The van der Waals surface area contributed by atoms with Gasteiger partial charge in [0.25, 0.3) is 5.91 Å². The number of benzene rings is 1. The smallest absolute Gasteiger partial charge is 0.252 e. The van der Waals surface area contributed by atoms with Crippen LogP contribution >= 0.6 is 0 Å². The lowest BCUT2D eigenvalue weighted by molar-refractivity contribution is -0.124. The molecule has 0 saturated carbocycles. The Morgan fingerprint density at radius 3 is 2.77 bits per heavy atom. The van der Waals surface area contributed by atoms with Gasteiger partial charge in [-0.15, -0.1) is 0 Å². The number of piperidine rings is 1. The number of hydrogen-bond donors (Lipinski definition) is 0. The zero-order chi connectivity index (χ0) is 21.8. The number of fused-ring (bicyclic) bond motifs is 3. The van der Waals surface area contributed by atoms with Crippen LogP contribution in [0.5, 0.6) is 0 Å². The van der Waals surface area contributed by atoms with Crippen LogP contribution < -0.4 is 9.80 Å². The number of halogens is 2. The molecule has 1 aromatic carbocycles. The van der Waals surface area contributed by atoms with Crippen molar-refractivity contribution in [1.82, 2.24) is 19.5 Å². The van der Waals surface area contributed by atoms with Crippen LogP contribution in [0.4, 0.5) is 20.3 Å². The molecule has 0 radical (unpaired) electrons. The Labute approximate surface area is 178 Å². The Bertz CT molecular complexity index is 1180. The van der Waals surface area contributed by atoms with E-state index in [4.69, 9.17) is 4.98 Å². The minimum Gasteiger partial charge on any atom is -0.340 e. The van der Waals surface area contributed by atoms with E-state index in [2.05, 4.69) is 14.9 Å². The van der Waals surface area contributed by atoms with Crippen molar-refractivity contribution in [2.24, 2.45) is 0 Å². The van der Waals surface area contributed by atoms with Gasteiger partial charge in [-0.3, -0.25) is 9.36 Å². The van der Waals surface area contributed by atoms with Crippen LogP contribution in [0.15, 0.2) is 36.8 Å². The van der Waals surface area contributed by atoms with E-state index in [9.17, 15) is 13.6 Å². The van der Waals surface area contributed by atoms with Crippen LogP contribution in [0.25, 0.3) is 17.3 Å². The lowest BCUT2D eigenvalue weighted by Gasteiger charge is -2.51. The summed E-state index contributed by atoms with van der Waals surface area (Å²) in [5.41, 5.74) is 0.483.